The molecule has 0 aromatic heterocycles. The minimum Gasteiger partial charge on any atom is -0.207 e. The Labute approximate surface area is 124 Å². The molecule has 2 rings (SSSR count). The second-order valence-corrected chi connectivity index (χ2v) is 5.86. The summed E-state index contributed by atoms with van der Waals surface area (Å²) in [5.41, 5.74) is 1.73. The van der Waals surface area contributed by atoms with E-state index >= 15 is 0 Å². The van der Waals surface area contributed by atoms with E-state index in [4.69, 9.17) is 23.2 Å². The molecule has 4 heteroatoms. The maximum absolute atomic E-state index is 13.1. The van der Waals surface area contributed by atoms with Crippen molar-refractivity contribution in [3.05, 3.63) is 69.5 Å². The van der Waals surface area contributed by atoms with Crippen LogP contribution in [0.5, 0.6) is 0 Å². The summed E-state index contributed by atoms with van der Waals surface area (Å²) in [7, 11) is 0. The van der Waals surface area contributed by atoms with Gasteiger partial charge >= 0.3 is 0 Å². The van der Waals surface area contributed by atoms with Crippen LogP contribution in [0.25, 0.3) is 0 Å². The summed E-state index contributed by atoms with van der Waals surface area (Å²) < 4.78 is 13.1. The van der Waals surface area contributed by atoms with Crippen molar-refractivity contribution >= 4 is 39.1 Å². The highest BCUT2D eigenvalue weighted by molar-refractivity contribution is 9.09. The first-order valence-electron chi connectivity index (χ1n) is 5.40. The minimum absolute atomic E-state index is 0.0412. The van der Waals surface area contributed by atoms with Gasteiger partial charge in [-0.3, -0.25) is 0 Å². The molecule has 0 radical (unpaired) electrons. The van der Waals surface area contributed by atoms with Crippen molar-refractivity contribution in [1.82, 2.24) is 0 Å². The van der Waals surface area contributed by atoms with Gasteiger partial charge in [-0.2, -0.15) is 0 Å². The van der Waals surface area contributed by atoms with E-state index in [0.717, 1.165) is 11.1 Å². The molecule has 0 aliphatic rings. The Balaban J connectivity index is 2.25. The topological polar surface area (TPSA) is 0 Å². The number of halogens is 4. The summed E-state index contributed by atoms with van der Waals surface area (Å²) in [6.45, 7) is 0. The number of hydrogen-bond donors (Lipinski definition) is 0. The number of benzene rings is 2. The average molecular weight is 348 g/mol. The van der Waals surface area contributed by atoms with E-state index in [2.05, 4.69) is 15.9 Å². The Morgan fingerprint density at radius 1 is 1.06 bits per heavy atom. The first kappa shape index (κ1) is 13.9. The highest BCUT2D eigenvalue weighted by atomic mass is 79.9. The molecule has 0 saturated heterocycles. The van der Waals surface area contributed by atoms with Crippen LogP contribution in [0, 0.1) is 5.82 Å². The van der Waals surface area contributed by atoms with E-state index in [-0.39, 0.29) is 10.6 Å². The summed E-state index contributed by atoms with van der Waals surface area (Å²) in [6.07, 6.45) is 0.626. The lowest BCUT2D eigenvalue weighted by Gasteiger charge is -2.14. The second kappa shape index (κ2) is 6.05. The first-order valence-corrected chi connectivity index (χ1v) is 7.07. The molecule has 0 bridgehead atoms. The van der Waals surface area contributed by atoms with Gasteiger partial charge in [0.2, 0.25) is 0 Å². The van der Waals surface area contributed by atoms with Gasteiger partial charge in [0.1, 0.15) is 5.82 Å². The monoisotopic (exact) mass is 346 g/mol. The molecule has 2 aromatic rings. The third kappa shape index (κ3) is 3.25. The van der Waals surface area contributed by atoms with Gasteiger partial charge in [0, 0.05) is 20.4 Å². The highest BCUT2D eigenvalue weighted by Crippen LogP contribution is 2.37. The van der Waals surface area contributed by atoms with E-state index in [9.17, 15) is 4.39 Å². The van der Waals surface area contributed by atoms with Crippen molar-refractivity contribution in [2.75, 3.05) is 0 Å². The fraction of sp³-hybridized carbons (Fsp3) is 0.143. The number of rotatable bonds is 3. The van der Waals surface area contributed by atoms with E-state index in [1.165, 1.54) is 12.1 Å². The molecule has 0 amide bonds. The Morgan fingerprint density at radius 3 is 2.28 bits per heavy atom. The third-order valence-electron chi connectivity index (χ3n) is 2.62. The van der Waals surface area contributed by atoms with Crippen LogP contribution in [-0.4, -0.2) is 0 Å². The van der Waals surface area contributed by atoms with Gasteiger partial charge in [-0.1, -0.05) is 57.3 Å². The zero-order valence-corrected chi connectivity index (χ0v) is 12.4. The van der Waals surface area contributed by atoms with Gasteiger partial charge in [0.05, 0.1) is 0 Å². The molecule has 0 nitrogen and oxygen atoms in total. The molecule has 0 fully saturated rings. The first-order chi connectivity index (χ1) is 8.58. The summed E-state index contributed by atoms with van der Waals surface area (Å²) >= 11 is 15.8. The lowest BCUT2D eigenvalue weighted by Crippen LogP contribution is -1.98. The van der Waals surface area contributed by atoms with Crippen LogP contribution in [0.3, 0.4) is 0 Å². The van der Waals surface area contributed by atoms with Crippen molar-refractivity contribution in [3.8, 4) is 0 Å². The smallest absolute Gasteiger partial charge is 0.123 e. The highest BCUT2D eigenvalue weighted by Gasteiger charge is 2.15. The molecule has 2 aromatic carbocycles. The Hall–Kier alpha value is -0.570. The van der Waals surface area contributed by atoms with Crippen LogP contribution in [0.4, 0.5) is 4.39 Å². The van der Waals surface area contributed by atoms with Gasteiger partial charge < -0.3 is 0 Å². The zero-order valence-electron chi connectivity index (χ0n) is 9.34. The lowest BCUT2D eigenvalue weighted by molar-refractivity contribution is 0.625. The number of alkyl halides is 1. The Morgan fingerprint density at radius 2 is 1.67 bits per heavy atom. The maximum Gasteiger partial charge on any atom is 0.123 e. The molecular weight excluding hydrogens is 338 g/mol. The summed E-state index contributed by atoms with van der Waals surface area (Å²) in [6, 6.07) is 11.9. The van der Waals surface area contributed by atoms with E-state index in [1.807, 2.05) is 6.07 Å². The van der Waals surface area contributed by atoms with Gasteiger partial charge in [0.25, 0.3) is 0 Å². The van der Waals surface area contributed by atoms with Crippen LogP contribution in [0.1, 0.15) is 16.0 Å². The standard InChI is InChI=1S/C14H10BrCl2F/c15-11(8-9-3-1-4-10(18)7-9)14-12(16)5-2-6-13(14)17/h1-7,11H,8H2. The third-order valence-corrected chi connectivity index (χ3v) is 4.06. The van der Waals surface area contributed by atoms with Gasteiger partial charge in [-0.05, 0) is 36.2 Å². The average Bonchev–Trinajstić information content (AvgIpc) is 2.28. The van der Waals surface area contributed by atoms with E-state index < -0.39 is 0 Å². The summed E-state index contributed by atoms with van der Waals surface area (Å²) in [5, 5.41) is 1.22. The minimum atomic E-state index is -0.238. The molecule has 94 valence electrons. The molecule has 0 heterocycles. The van der Waals surface area contributed by atoms with Crippen molar-refractivity contribution in [2.24, 2.45) is 0 Å². The second-order valence-electron chi connectivity index (χ2n) is 3.94. The Bertz CT molecular complexity index is 537. The fourth-order valence-corrected chi connectivity index (χ4v) is 3.57. The zero-order chi connectivity index (χ0) is 13.1. The molecule has 1 atom stereocenters. The van der Waals surface area contributed by atoms with Crippen LogP contribution in [0.2, 0.25) is 10.0 Å². The lowest BCUT2D eigenvalue weighted by atomic mass is 10.0. The quantitative estimate of drug-likeness (QED) is 0.614. The largest absolute Gasteiger partial charge is 0.207 e. The molecule has 1 unspecified atom stereocenters. The normalized spacial score (nSPS) is 12.4. The van der Waals surface area contributed by atoms with Crippen molar-refractivity contribution in [2.45, 2.75) is 11.2 Å². The predicted molar refractivity (Wildman–Crippen MR) is 78.2 cm³/mol. The maximum atomic E-state index is 13.1. The molecular formula is C14H10BrCl2F. The Kier molecular flexibility index (Phi) is 4.66. The van der Waals surface area contributed by atoms with Crippen LogP contribution in [0.15, 0.2) is 42.5 Å². The fourth-order valence-electron chi connectivity index (χ4n) is 1.78. The van der Waals surface area contributed by atoms with Crippen molar-refractivity contribution in [1.29, 1.82) is 0 Å². The number of hydrogen-bond acceptors (Lipinski definition) is 0. The van der Waals surface area contributed by atoms with Crippen LogP contribution < -0.4 is 0 Å². The van der Waals surface area contributed by atoms with E-state index in [0.29, 0.717) is 16.5 Å². The molecule has 0 spiro atoms. The molecule has 18 heavy (non-hydrogen) atoms. The molecule has 0 saturated carbocycles. The van der Waals surface area contributed by atoms with Gasteiger partial charge in [0.15, 0.2) is 0 Å². The van der Waals surface area contributed by atoms with E-state index in [1.54, 1.807) is 24.3 Å². The summed E-state index contributed by atoms with van der Waals surface area (Å²) in [5.74, 6) is -0.238. The predicted octanol–water partition coefficient (Wildman–Crippen LogP) is 5.81. The van der Waals surface area contributed by atoms with Gasteiger partial charge in [-0.15, -0.1) is 0 Å². The van der Waals surface area contributed by atoms with Crippen molar-refractivity contribution < 1.29 is 4.39 Å². The van der Waals surface area contributed by atoms with Crippen LogP contribution in [-0.2, 0) is 6.42 Å². The van der Waals surface area contributed by atoms with Crippen LogP contribution >= 0.6 is 39.1 Å². The summed E-state index contributed by atoms with van der Waals surface area (Å²) in [4.78, 5) is -0.0412. The van der Waals surface area contributed by atoms with Gasteiger partial charge in [-0.25, -0.2) is 4.39 Å². The molecule has 0 N–H and O–H groups in total. The van der Waals surface area contributed by atoms with Crippen molar-refractivity contribution in [3.63, 3.8) is 0 Å². The molecule has 0 aliphatic heterocycles. The SMILES string of the molecule is Fc1cccc(CC(Br)c2c(Cl)cccc2Cl)c1. The molecule has 0 aliphatic carbocycles.